The monoisotopic (exact) mass is 815 g/mol. The van der Waals surface area contributed by atoms with Crippen LogP contribution in [0.2, 0.25) is 0 Å². The number of benzene rings is 2. The highest BCUT2D eigenvalue weighted by Gasteiger charge is 2.46. The molecule has 1 aromatic heterocycles. The Balaban J connectivity index is 0.979. The number of aromatic nitrogens is 2. The number of methoxy groups -OCH3 is 1. The van der Waals surface area contributed by atoms with Crippen molar-refractivity contribution in [1.82, 2.24) is 36.1 Å². The number of carbonyl (C=O) groups is 3. The van der Waals surface area contributed by atoms with Crippen LogP contribution in [0.15, 0.2) is 67.3 Å². The van der Waals surface area contributed by atoms with E-state index in [2.05, 4.69) is 67.4 Å². The fraction of sp³-hybridized carbons (Fsp3) is 0.500. The molecule has 0 aliphatic carbocycles. The van der Waals surface area contributed by atoms with Crippen molar-refractivity contribution in [2.75, 3.05) is 44.6 Å². The molecule has 16 heteroatoms. The number of nitrogens with one attached hydrogen (secondary N) is 5. The van der Waals surface area contributed by atoms with Crippen molar-refractivity contribution in [3.8, 4) is 11.1 Å². The summed E-state index contributed by atoms with van der Waals surface area (Å²) in [4.78, 5) is 48.9. The van der Waals surface area contributed by atoms with Gasteiger partial charge in [-0.1, -0.05) is 58.5 Å². The van der Waals surface area contributed by atoms with Gasteiger partial charge in [-0.2, -0.15) is 0 Å². The lowest BCUT2D eigenvalue weighted by Gasteiger charge is -2.39. The minimum atomic E-state index is -0.812. The van der Waals surface area contributed by atoms with Gasteiger partial charge in [0.1, 0.15) is 11.6 Å². The van der Waals surface area contributed by atoms with Crippen LogP contribution in [0.4, 0.5) is 10.7 Å². The Hall–Kier alpha value is -4.90. The predicted molar refractivity (Wildman–Crippen MR) is 227 cm³/mol. The van der Waals surface area contributed by atoms with Gasteiger partial charge in [0.25, 0.3) is 0 Å². The van der Waals surface area contributed by atoms with E-state index in [1.54, 1.807) is 17.3 Å². The number of hydrogen-bond acceptors (Lipinski definition) is 13. The minimum absolute atomic E-state index is 0.0103. The van der Waals surface area contributed by atoms with Crippen LogP contribution in [0.25, 0.3) is 27.6 Å². The van der Waals surface area contributed by atoms with Crippen molar-refractivity contribution in [3.63, 3.8) is 0 Å². The van der Waals surface area contributed by atoms with Gasteiger partial charge in [-0.25, -0.2) is 14.8 Å². The predicted octanol–water partition coefficient (Wildman–Crippen LogP) is 4.72. The Bertz CT molecular complexity index is 2000. The number of nitrogens with two attached hydrogens (primary N) is 1. The number of ether oxygens (including phenoxy) is 3. The summed E-state index contributed by atoms with van der Waals surface area (Å²) < 4.78 is 15.2. The van der Waals surface area contributed by atoms with E-state index in [9.17, 15) is 14.4 Å². The molecular weight excluding hydrogens is 759 g/mol. The van der Waals surface area contributed by atoms with Gasteiger partial charge in [-0.05, 0) is 72.1 Å². The molecule has 0 spiro atoms. The van der Waals surface area contributed by atoms with Crippen LogP contribution < -0.4 is 32.3 Å². The Morgan fingerprint density at radius 2 is 1.81 bits per heavy atom. The number of likely N-dealkylation sites (tertiary alicyclic amines) is 1. The van der Waals surface area contributed by atoms with Gasteiger partial charge in [0.2, 0.25) is 24.2 Å². The van der Waals surface area contributed by atoms with E-state index < -0.39 is 24.1 Å². The smallest absolute Gasteiger partial charge is 0.407 e. The van der Waals surface area contributed by atoms with Crippen LogP contribution in [0.3, 0.4) is 0 Å². The summed E-state index contributed by atoms with van der Waals surface area (Å²) in [5.41, 5.74) is 10.00. The van der Waals surface area contributed by atoms with Crippen LogP contribution in [0.5, 0.6) is 0 Å². The van der Waals surface area contributed by atoms with Gasteiger partial charge in [0.05, 0.1) is 17.6 Å². The van der Waals surface area contributed by atoms with E-state index in [4.69, 9.17) is 19.9 Å². The summed E-state index contributed by atoms with van der Waals surface area (Å²) in [5, 5.41) is 17.7. The van der Waals surface area contributed by atoms with Crippen LogP contribution in [-0.2, 0) is 23.8 Å². The highest BCUT2D eigenvalue weighted by atomic mass is 32.2. The number of hydrogen-bond donors (Lipinski definition) is 6. The third kappa shape index (κ3) is 10.0. The third-order valence-electron chi connectivity index (χ3n) is 11.4. The molecule has 4 atom stereocenters. The Kier molecular flexibility index (Phi) is 13.5. The SMILES string of the molecule is C=C(N/C=C(\N)c1ccc2cc(-c3cnc(NC4CCN(C(=O)[C@@H](NC(=O)OC)C(C)C)C4)nc3)ccc2c1)[C@]1(CCCNC(=O)[C@](C)(NC2OCO2)C(C)C)CS1. The second kappa shape index (κ2) is 18.4. The molecule has 58 heavy (non-hydrogen) atoms. The van der Waals surface area contributed by atoms with E-state index in [0.29, 0.717) is 31.3 Å². The van der Waals surface area contributed by atoms with Gasteiger partial charge in [0.15, 0.2) is 6.79 Å². The Morgan fingerprint density at radius 3 is 2.45 bits per heavy atom. The highest BCUT2D eigenvalue weighted by molar-refractivity contribution is 8.08. The maximum Gasteiger partial charge on any atom is 0.407 e. The summed E-state index contributed by atoms with van der Waals surface area (Å²) in [6.07, 6.45) is 6.64. The number of thioether (sulfide) groups is 1. The first-order valence-corrected chi connectivity index (χ1v) is 20.8. The standard InChI is InChI=1S/C42H57N9O6S/c1-25(2)35(49-39(54)55-7)36(52)51-16-13-33(22-51)48-38-46-19-32(20-47-38)30-10-9-29-18-31(12-11-28(29)17-30)34(43)21-45-27(5)42(23-58-42)14-8-15-44-37(53)41(6,26(3)4)50-40-56-24-57-40/h9-12,17-21,25-26,33,35,40,45,50H,5,8,13-16,22-24,43H2,1-4,6-7H3,(H,44,53)(H,49,54)(H,46,47,48)/b34-21-/t33?,35-,41+,42-/m0/s1. The second-order valence-electron chi connectivity index (χ2n) is 16.0. The molecule has 3 aromatic rings. The maximum atomic E-state index is 13.1. The number of anilines is 1. The lowest BCUT2D eigenvalue weighted by molar-refractivity contribution is -0.339. The molecule has 3 fully saturated rings. The van der Waals surface area contributed by atoms with Crippen molar-refractivity contribution in [3.05, 3.63) is 72.8 Å². The fourth-order valence-corrected chi connectivity index (χ4v) is 7.98. The first-order valence-electron chi connectivity index (χ1n) is 19.8. The molecule has 3 saturated heterocycles. The van der Waals surface area contributed by atoms with E-state index >= 15 is 0 Å². The number of amides is 3. The average molecular weight is 816 g/mol. The number of fused-ring (bicyclic) bond motifs is 1. The van der Waals surface area contributed by atoms with Gasteiger partial charge in [-0.3, -0.25) is 14.9 Å². The molecule has 3 aliphatic heterocycles. The van der Waals surface area contributed by atoms with Crippen LogP contribution in [0, 0.1) is 11.8 Å². The molecule has 3 aliphatic rings. The van der Waals surface area contributed by atoms with Crippen LogP contribution >= 0.6 is 11.8 Å². The number of carbonyl (C=O) groups excluding carboxylic acids is 3. The first-order chi connectivity index (χ1) is 27.7. The Morgan fingerprint density at radius 1 is 1.10 bits per heavy atom. The number of rotatable bonds is 18. The first kappa shape index (κ1) is 42.7. The molecule has 2 aromatic carbocycles. The van der Waals surface area contributed by atoms with E-state index in [1.165, 1.54) is 7.11 Å². The van der Waals surface area contributed by atoms with Crippen LogP contribution in [0.1, 0.15) is 59.4 Å². The van der Waals surface area contributed by atoms with Gasteiger partial charge in [-0.15, -0.1) is 11.8 Å². The maximum absolute atomic E-state index is 13.1. The van der Waals surface area contributed by atoms with E-state index in [0.717, 1.165) is 58.2 Å². The zero-order valence-electron chi connectivity index (χ0n) is 34.2. The normalized spacial score (nSPS) is 20.9. The van der Waals surface area contributed by atoms with Crippen molar-refractivity contribution < 1.29 is 28.6 Å². The summed E-state index contributed by atoms with van der Waals surface area (Å²) in [6.45, 7) is 15.8. The average Bonchev–Trinajstić information content (AvgIpc) is 3.86. The molecule has 15 nitrogen and oxygen atoms in total. The number of nitrogens with zero attached hydrogens (tertiary/aromatic N) is 3. The fourth-order valence-electron chi connectivity index (χ4n) is 6.97. The molecule has 6 rings (SSSR count). The summed E-state index contributed by atoms with van der Waals surface area (Å²) >= 11 is 1.84. The Labute approximate surface area is 344 Å². The molecule has 7 N–H and O–H groups in total. The zero-order valence-corrected chi connectivity index (χ0v) is 35.0. The van der Waals surface area contributed by atoms with E-state index in [-0.39, 0.29) is 41.2 Å². The topological polar surface area (TPSA) is 194 Å². The molecular formula is C42H57N9O6S. The molecule has 0 radical (unpaired) electrons. The van der Waals surface area contributed by atoms with Crippen molar-refractivity contribution in [1.29, 1.82) is 0 Å². The minimum Gasteiger partial charge on any atom is -0.453 e. The molecule has 4 heterocycles. The lowest BCUT2D eigenvalue weighted by Crippen LogP contribution is -2.64. The summed E-state index contributed by atoms with van der Waals surface area (Å²) in [5.74, 6) is 1.20. The molecule has 1 unspecified atom stereocenters. The van der Waals surface area contributed by atoms with E-state index in [1.807, 2.05) is 64.7 Å². The lowest BCUT2D eigenvalue weighted by atomic mass is 9.87. The molecule has 3 amide bonds. The molecule has 0 saturated carbocycles. The van der Waals surface area contributed by atoms with Gasteiger partial charge >= 0.3 is 6.09 Å². The van der Waals surface area contributed by atoms with Crippen molar-refractivity contribution in [2.45, 2.75) is 82.7 Å². The molecule has 0 bridgehead atoms. The van der Waals surface area contributed by atoms with Gasteiger partial charge in [0, 0.05) is 61.3 Å². The summed E-state index contributed by atoms with van der Waals surface area (Å²) in [7, 11) is 1.28. The largest absolute Gasteiger partial charge is 0.453 e. The highest BCUT2D eigenvalue weighted by Crippen LogP contribution is 2.52. The quantitative estimate of drug-likeness (QED) is 0.0764. The summed E-state index contributed by atoms with van der Waals surface area (Å²) in [6, 6.07) is 11.7. The van der Waals surface area contributed by atoms with Crippen molar-refractivity contribution >= 4 is 52.1 Å². The third-order valence-corrected chi connectivity index (χ3v) is 12.8. The van der Waals surface area contributed by atoms with Crippen molar-refractivity contribution in [2.24, 2.45) is 17.6 Å². The molecule has 312 valence electrons. The second-order valence-corrected chi connectivity index (χ2v) is 17.4. The van der Waals surface area contributed by atoms with Crippen LogP contribution in [-0.4, -0.2) is 101 Å². The van der Waals surface area contributed by atoms with Gasteiger partial charge < -0.3 is 46.1 Å². The zero-order chi connectivity index (χ0) is 41.6. The number of alkyl carbamates (subject to hydrolysis) is 1.